The first-order valence-electron chi connectivity index (χ1n) is 6.24. The molecule has 0 radical (unpaired) electrons. The Morgan fingerprint density at radius 1 is 1.27 bits per heavy atom. The molecule has 1 rings (SSSR count). The van der Waals surface area contributed by atoms with Gasteiger partial charge in [-0.25, -0.2) is 0 Å². The molecule has 0 amide bonds. The summed E-state index contributed by atoms with van der Waals surface area (Å²) in [5.41, 5.74) is 0. The van der Waals surface area contributed by atoms with Crippen LogP contribution in [0.4, 0.5) is 0 Å². The van der Waals surface area contributed by atoms with E-state index in [1.54, 1.807) is 0 Å². The molecule has 0 saturated heterocycles. The number of nitrogens with zero attached hydrogens (tertiary/aromatic N) is 1. The Kier molecular flexibility index (Phi) is 6.98. The van der Waals surface area contributed by atoms with E-state index in [2.05, 4.69) is 17.3 Å². The van der Waals surface area contributed by atoms with E-state index in [0.29, 0.717) is 0 Å². The molecular formula is C12H26N2O. The van der Waals surface area contributed by atoms with Gasteiger partial charge in [-0.2, -0.15) is 0 Å². The zero-order chi connectivity index (χ0) is 10.9. The lowest BCUT2D eigenvalue weighted by atomic mass is 10.3. The Morgan fingerprint density at radius 2 is 2.07 bits per heavy atom. The minimum Gasteiger partial charge on any atom is -0.380 e. The van der Waals surface area contributed by atoms with Gasteiger partial charge in [0.05, 0.1) is 6.61 Å². The number of rotatable bonds is 10. The van der Waals surface area contributed by atoms with Crippen molar-refractivity contribution in [3.8, 4) is 0 Å². The lowest BCUT2D eigenvalue weighted by molar-refractivity contribution is 0.103. The summed E-state index contributed by atoms with van der Waals surface area (Å²) in [5.74, 6) is 0.894. The van der Waals surface area contributed by atoms with Gasteiger partial charge in [-0.15, -0.1) is 0 Å². The van der Waals surface area contributed by atoms with Crippen LogP contribution in [0.15, 0.2) is 0 Å². The van der Waals surface area contributed by atoms with Gasteiger partial charge in [0.2, 0.25) is 0 Å². The summed E-state index contributed by atoms with van der Waals surface area (Å²) < 4.78 is 5.60. The molecule has 1 fully saturated rings. The van der Waals surface area contributed by atoms with Crippen molar-refractivity contribution >= 4 is 0 Å². The van der Waals surface area contributed by atoms with Gasteiger partial charge < -0.3 is 15.0 Å². The largest absolute Gasteiger partial charge is 0.380 e. The number of likely N-dealkylation sites (N-methyl/N-ethyl adjacent to an activating group) is 1. The molecule has 0 bridgehead atoms. The molecular weight excluding hydrogens is 188 g/mol. The van der Waals surface area contributed by atoms with E-state index in [4.69, 9.17) is 4.74 Å². The summed E-state index contributed by atoms with van der Waals surface area (Å²) in [6.45, 7) is 5.29. The third kappa shape index (κ3) is 7.77. The van der Waals surface area contributed by atoms with Gasteiger partial charge in [-0.1, -0.05) is 0 Å². The Bertz CT molecular complexity index is 149. The maximum absolute atomic E-state index is 5.60. The van der Waals surface area contributed by atoms with Crippen LogP contribution in [-0.4, -0.2) is 51.8 Å². The van der Waals surface area contributed by atoms with Crippen molar-refractivity contribution in [2.75, 3.05) is 46.9 Å². The molecule has 0 atom stereocenters. The molecule has 0 aromatic rings. The Labute approximate surface area is 94.2 Å². The summed E-state index contributed by atoms with van der Waals surface area (Å²) in [7, 11) is 4.19. The molecule has 0 spiro atoms. The molecule has 1 aliphatic carbocycles. The van der Waals surface area contributed by atoms with Crippen LogP contribution in [0.25, 0.3) is 0 Å². The zero-order valence-electron chi connectivity index (χ0n) is 10.3. The predicted molar refractivity (Wildman–Crippen MR) is 64.2 cm³/mol. The van der Waals surface area contributed by atoms with Crippen molar-refractivity contribution in [3.05, 3.63) is 0 Å². The van der Waals surface area contributed by atoms with E-state index >= 15 is 0 Å². The fraction of sp³-hybridized carbons (Fsp3) is 1.00. The summed E-state index contributed by atoms with van der Waals surface area (Å²) in [4.78, 5) is 2.36. The Morgan fingerprint density at radius 3 is 2.73 bits per heavy atom. The van der Waals surface area contributed by atoms with E-state index in [1.807, 2.05) is 7.05 Å². The molecule has 0 unspecified atom stereocenters. The van der Waals surface area contributed by atoms with E-state index in [9.17, 15) is 0 Å². The fourth-order valence-electron chi connectivity index (χ4n) is 1.55. The highest BCUT2D eigenvalue weighted by molar-refractivity contribution is 4.71. The maximum atomic E-state index is 5.60. The normalized spacial score (nSPS) is 16.2. The SMILES string of the molecule is CNCCCCN(C)CCOCC1CC1. The highest BCUT2D eigenvalue weighted by Gasteiger charge is 2.20. The molecule has 0 heterocycles. The number of nitrogens with one attached hydrogen (secondary N) is 1. The van der Waals surface area contributed by atoms with Gasteiger partial charge >= 0.3 is 0 Å². The third-order valence-corrected chi connectivity index (χ3v) is 2.88. The Balaban J connectivity index is 1.77. The van der Waals surface area contributed by atoms with Crippen molar-refractivity contribution in [1.29, 1.82) is 0 Å². The van der Waals surface area contributed by atoms with E-state index in [-0.39, 0.29) is 0 Å². The van der Waals surface area contributed by atoms with Gasteiger partial charge in [0.25, 0.3) is 0 Å². The number of hydrogen-bond donors (Lipinski definition) is 1. The van der Waals surface area contributed by atoms with Crippen LogP contribution < -0.4 is 5.32 Å². The highest BCUT2D eigenvalue weighted by Crippen LogP contribution is 2.28. The fourth-order valence-corrected chi connectivity index (χ4v) is 1.55. The van der Waals surface area contributed by atoms with Crippen LogP contribution in [0.5, 0.6) is 0 Å². The van der Waals surface area contributed by atoms with Gasteiger partial charge in [-0.05, 0) is 58.8 Å². The topological polar surface area (TPSA) is 24.5 Å². The second-order valence-electron chi connectivity index (χ2n) is 4.63. The van der Waals surface area contributed by atoms with Crippen LogP contribution in [0.2, 0.25) is 0 Å². The minimum atomic E-state index is 0.894. The van der Waals surface area contributed by atoms with Crippen LogP contribution in [0, 0.1) is 5.92 Å². The van der Waals surface area contributed by atoms with E-state index in [0.717, 1.165) is 32.2 Å². The molecule has 15 heavy (non-hydrogen) atoms. The van der Waals surface area contributed by atoms with Crippen molar-refractivity contribution in [3.63, 3.8) is 0 Å². The first kappa shape index (κ1) is 12.9. The van der Waals surface area contributed by atoms with Crippen molar-refractivity contribution in [2.45, 2.75) is 25.7 Å². The summed E-state index contributed by atoms with van der Waals surface area (Å²) in [6.07, 6.45) is 5.32. The third-order valence-electron chi connectivity index (χ3n) is 2.88. The lowest BCUT2D eigenvalue weighted by Gasteiger charge is -2.16. The van der Waals surface area contributed by atoms with Gasteiger partial charge in [0.15, 0.2) is 0 Å². The van der Waals surface area contributed by atoms with Crippen molar-refractivity contribution in [2.24, 2.45) is 5.92 Å². The van der Waals surface area contributed by atoms with Crippen LogP contribution in [0.1, 0.15) is 25.7 Å². The molecule has 1 saturated carbocycles. The van der Waals surface area contributed by atoms with Crippen LogP contribution in [-0.2, 0) is 4.74 Å². The van der Waals surface area contributed by atoms with Crippen LogP contribution in [0.3, 0.4) is 0 Å². The molecule has 1 N–H and O–H groups in total. The van der Waals surface area contributed by atoms with E-state index < -0.39 is 0 Å². The maximum Gasteiger partial charge on any atom is 0.0593 e. The van der Waals surface area contributed by atoms with Gasteiger partial charge in [-0.3, -0.25) is 0 Å². The highest BCUT2D eigenvalue weighted by atomic mass is 16.5. The summed E-state index contributed by atoms with van der Waals surface area (Å²) >= 11 is 0. The van der Waals surface area contributed by atoms with Crippen molar-refractivity contribution in [1.82, 2.24) is 10.2 Å². The average Bonchev–Trinajstić information content (AvgIpc) is 3.03. The average molecular weight is 214 g/mol. The minimum absolute atomic E-state index is 0.894. The second-order valence-corrected chi connectivity index (χ2v) is 4.63. The standard InChI is InChI=1S/C12H26N2O/c1-13-7-3-4-8-14(2)9-10-15-11-12-5-6-12/h12-13H,3-11H2,1-2H3. The number of hydrogen-bond acceptors (Lipinski definition) is 3. The van der Waals surface area contributed by atoms with Crippen molar-refractivity contribution < 1.29 is 4.74 Å². The first-order valence-corrected chi connectivity index (χ1v) is 6.24. The second kappa shape index (κ2) is 8.08. The monoisotopic (exact) mass is 214 g/mol. The molecule has 3 nitrogen and oxygen atoms in total. The summed E-state index contributed by atoms with van der Waals surface area (Å²) in [5, 5.41) is 3.17. The molecule has 0 aromatic carbocycles. The van der Waals surface area contributed by atoms with Gasteiger partial charge in [0.1, 0.15) is 0 Å². The number of unbranched alkanes of at least 4 members (excludes halogenated alkanes) is 1. The molecule has 90 valence electrons. The van der Waals surface area contributed by atoms with E-state index in [1.165, 1.54) is 32.2 Å². The van der Waals surface area contributed by atoms with Crippen LogP contribution >= 0.6 is 0 Å². The molecule has 1 aliphatic rings. The smallest absolute Gasteiger partial charge is 0.0593 e. The Hall–Kier alpha value is -0.120. The summed E-state index contributed by atoms with van der Waals surface area (Å²) in [6, 6.07) is 0. The first-order chi connectivity index (χ1) is 7.33. The molecule has 3 heteroatoms. The van der Waals surface area contributed by atoms with Gasteiger partial charge in [0, 0.05) is 13.2 Å². The quantitative estimate of drug-likeness (QED) is 0.556. The number of ether oxygens (including phenoxy) is 1. The predicted octanol–water partition coefficient (Wildman–Crippen LogP) is 1.34. The molecule has 0 aromatic heterocycles. The lowest BCUT2D eigenvalue weighted by Crippen LogP contribution is -2.25. The molecule has 0 aliphatic heterocycles. The zero-order valence-corrected chi connectivity index (χ0v) is 10.3.